The van der Waals surface area contributed by atoms with Crippen molar-refractivity contribution < 1.29 is 9.59 Å². The number of carbonyl (C=O) groups is 2. The normalized spacial score (nSPS) is 16.5. The summed E-state index contributed by atoms with van der Waals surface area (Å²) in [5.41, 5.74) is 4.75. The van der Waals surface area contributed by atoms with Crippen LogP contribution in [0.1, 0.15) is 57.7 Å². The molecule has 0 N–H and O–H groups in total. The van der Waals surface area contributed by atoms with Gasteiger partial charge in [-0.1, -0.05) is 66.2 Å². The van der Waals surface area contributed by atoms with Crippen molar-refractivity contribution in [1.82, 2.24) is 24.1 Å². The van der Waals surface area contributed by atoms with E-state index in [0.717, 1.165) is 38.0 Å². The predicted octanol–water partition coefficient (Wildman–Crippen LogP) is 4.57. The highest BCUT2D eigenvalue weighted by atomic mass is 16.2. The SMILES string of the molecule is CC(=Cc1ccccc1)CN1CCC(n2ncn(-c3ccc(CN4C(=O)c5ccccc5C4=O)cc3)c2=O)CC1. The smallest absolute Gasteiger partial charge is 0.299 e. The first-order valence-electron chi connectivity index (χ1n) is 13.6. The lowest BCUT2D eigenvalue weighted by Crippen LogP contribution is -2.38. The number of benzene rings is 3. The van der Waals surface area contributed by atoms with Crippen molar-refractivity contribution in [3.05, 3.63) is 124 Å². The number of carbonyl (C=O) groups excluding carboxylic acids is 2. The van der Waals surface area contributed by atoms with Crippen LogP contribution >= 0.6 is 0 Å². The summed E-state index contributed by atoms with van der Waals surface area (Å²) >= 11 is 0. The Hall–Kier alpha value is -4.56. The summed E-state index contributed by atoms with van der Waals surface area (Å²) in [7, 11) is 0. The third-order valence-corrected chi connectivity index (χ3v) is 7.72. The van der Waals surface area contributed by atoms with E-state index in [2.05, 4.69) is 35.1 Å². The Labute approximate surface area is 232 Å². The fourth-order valence-electron chi connectivity index (χ4n) is 5.63. The van der Waals surface area contributed by atoms with Crippen LogP contribution in [0.4, 0.5) is 0 Å². The van der Waals surface area contributed by atoms with Crippen LogP contribution in [0.15, 0.2) is 95.6 Å². The molecule has 2 aliphatic rings. The first-order valence-corrected chi connectivity index (χ1v) is 13.6. The Morgan fingerprint density at radius 3 is 2.12 bits per heavy atom. The van der Waals surface area contributed by atoms with Gasteiger partial charge in [0.05, 0.1) is 29.4 Å². The van der Waals surface area contributed by atoms with Crippen LogP contribution < -0.4 is 5.69 Å². The number of piperidine rings is 1. The van der Waals surface area contributed by atoms with Gasteiger partial charge in [0, 0.05) is 19.6 Å². The minimum atomic E-state index is -0.282. The number of fused-ring (bicyclic) bond motifs is 1. The fourth-order valence-corrected chi connectivity index (χ4v) is 5.63. The molecule has 2 amide bonds. The molecule has 3 aromatic carbocycles. The van der Waals surface area contributed by atoms with Gasteiger partial charge in [-0.15, -0.1) is 0 Å². The molecule has 0 unspecified atom stereocenters. The van der Waals surface area contributed by atoms with Crippen molar-refractivity contribution in [2.45, 2.75) is 32.4 Å². The molecule has 0 saturated carbocycles. The highest BCUT2D eigenvalue weighted by Gasteiger charge is 2.35. The summed E-state index contributed by atoms with van der Waals surface area (Å²) in [6.07, 6.45) is 5.54. The van der Waals surface area contributed by atoms with Gasteiger partial charge in [-0.05, 0) is 55.2 Å². The third kappa shape index (κ3) is 5.05. The molecule has 3 heterocycles. The average molecular weight is 534 g/mol. The standard InChI is InChI=1S/C32H31N5O3/c1-23(19-24-7-3-2-4-8-24)20-34-17-15-27(16-18-34)37-32(40)36(22-33-37)26-13-11-25(12-14-26)21-35-30(38)28-9-5-6-10-29(28)31(35)39/h2-14,19,22,27H,15-18,20-21H2,1H3. The minimum Gasteiger partial charge on any atom is -0.299 e. The molecule has 2 aliphatic heterocycles. The van der Waals surface area contributed by atoms with Crippen LogP contribution in [0.3, 0.4) is 0 Å². The van der Waals surface area contributed by atoms with Gasteiger partial charge >= 0.3 is 5.69 Å². The first kappa shape index (κ1) is 25.7. The van der Waals surface area contributed by atoms with Crippen LogP contribution in [-0.4, -0.2) is 55.6 Å². The van der Waals surface area contributed by atoms with E-state index in [0.29, 0.717) is 16.8 Å². The molecule has 1 aromatic heterocycles. The van der Waals surface area contributed by atoms with Crippen molar-refractivity contribution in [1.29, 1.82) is 0 Å². The fraction of sp³-hybridized carbons (Fsp3) is 0.250. The maximum absolute atomic E-state index is 13.2. The molecule has 8 heteroatoms. The molecule has 1 fully saturated rings. The second kappa shape index (κ2) is 10.9. The Kier molecular flexibility index (Phi) is 7.00. The molecule has 4 aromatic rings. The van der Waals surface area contributed by atoms with Crippen molar-refractivity contribution in [3.63, 3.8) is 0 Å². The Bertz CT molecular complexity index is 1590. The van der Waals surface area contributed by atoms with E-state index in [1.165, 1.54) is 16.0 Å². The van der Waals surface area contributed by atoms with Crippen LogP contribution in [0.5, 0.6) is 0 Å². The summed E-state index contributed by atoms with van der Waals surface area (Å²) in [5, 5.41) is 4.45. The summed E-state index contributed by atoms with van der Waals surface area (Å²) in [6, 6.07) is 24.6. The Morgan fingerprint density at radius 1 is 0.850 bits per heavy atom. The van der Waals surface area contributed by atoms with E-state index in [9.17, 15) is 14.4 Å². The van der Waals surface area contributed by atoms with Crippen LogP contribution in [0, 0.1) is 0 Å². The summed E-state index contributed by atoms with van der Waals surface area (Å²) in [5.74, 6) is -0.564. The molecule has 0 atom stereocenters. The number of rotatable bonds is 7. The summed E-state index contributed by atoms with van der Waals surface area (Å²) < 4.78 is 3.15. The van der Waals surface area contributed by atoms with Gasteiger partial charge in [0.1, 0.15) is 6.33 Å². The van der Waals surface area contributed by atoms with Gasteiger partial charge < -0.3 is 0 Å². The average Bonchev–Trinajstić information content (AvgIpc) is 3.47. The zero-order valence-corrected chi connectivity index (χ0v) is 22.4. The monoisotopic (exact) mass is 533 g/mol. The predicted molar refractivity (Wildman–Crippen MR) is 153 cm³/mol. The van der Waals surface area contributed by atoms with Gasteiger partial charge in [0.25, 0.3) is 11.8 Å². The molecule has 8 nitrogen and oxygen atoms in total. The zero-order chi connectivity index (χ0) is 27.6. The van der Waals surface area contributed by atoms with Crippen LogP contribution in [0.2, 0.25) is 0 Å². The van der Waals surface area contributed by atoms with E-state index in [1.54, 1.807) is 39.8 Å². The summed E-state index contributed by atoms with van der Waals surface area (Å²) in [6.45, 7) is 5.08. The first-order chi connectivity index (χ1) is 19.5. The molecule has 202 valence electrons. The molecule has 0 radical (unpaired) electrons. The Balaban J connectivity index is 1.08. The summed E-state index contributed by atoms with van der Waals surface area (Å²) in [4.78, 5) is 42.3. The van der Waals surface area contributed by atoms with Gasteiger partial charge in [0.15, 0.2) is 0 Å². The van der Waals surface area contributed by atoms with Gasteiger partial charge in [-0.2, -0.15) is 5.10 Å². The van der Waals surface area contributed by atoms with E-state index in [1.807, 2.05) is 42.5 Å². The number of hydrogen-bond donors (Lipinski definition) is 0. The molecule has 1 saturated heterocycles. The largest absolute Gasteiger partial charge is 0.350 e. The second-order valence-corrected chi connectivity index (χ2v) is 10.5. The van der Waals surface area contributed by atoms with Crippen molar-refractivity contribution in [2.24, 2.45) is 0 Å². The molecule has 0 spiro atoms. The number of likely N-dealkylation sites (tertiary alicyclic amines) is 1. The lowest BCUT2D eigenvalue weighted by atomic mass is 10.0. The molecule has 0 bridgehead atoms. The highest BCUT2D eigenvalue weighted by Crippen LogP contribution is 2.25. The number of aromatic nitrogens is 3. The molecular weight excluding hydrogens is 502 g/mol. The topological polar surface area (TPSA) is 80.4 Å². The lowest BCUT2D eigenvalue weighted by Gasteiger charge is -2.31. The van der Waals surface area contributed by atoms with E-state index in [4.69, 9.17) is 0 Å². The maximum atomic E-state index is 13.2. The molecule has 0 aliphatic carbocycles. The van der Waals surface area contributed by atoms with Crippen molar-refractivity contribution >= 4 is 17.9 Å². The number of nitrogens with zero attached hydrogens (tertiary/aromatic N) is 5. The van der Waals surface area contributed by atoms with Gasteiger partial charge in [-0.25, -0.2) is 14.0 Å². The van der Waals surface area contributed by atoms with E-state index < -0.39 is 0 Å². The van der Waals surface area contributed by atoms with Crippen molar-refractivity contribution in [3.8, 4) is 5.69 Å². The Morgan fingerprint density at radius 2 is 1.48 bits per heavy atom. The van der Waals surface area contributed by atoms with Gasteiger partial charge in [-0.3, -0.25) is 19.4 Å². The highest BCUT2D eigenvalue weighted by molar-refractivity contribution is 6.21. The van der Waals surface area contributed by atoms with Crippen LogP contribution in [0.25, 0.3) is 11.8 Å². The molecular formula is C32H31N5O3. The lowest BCUT2D eigenvalue weighted by molar-refractivity contribution is 0.0642. The molecule has 40 heavy (non-hydrogen) atoms. The third-order valence-electron chi connectivity index (χ3n) is 7.72. The quantitative estimate of drug-likeness (QED) is 0.325. The molecule has 6 rings (SSSR count). The zero-order valence-electron chi connectivity index (χ0n) is 22.4. The number of amides is 2. The maximum Gasteiger partial charge on any atom is 0.350 e. The van der Waals surface area contributed by atoms with Gasteiger partial charge in [0.2, 0.25) is 0 Å². The van der Waals surface area contributed by atoms with E-state index in [-0.39, 0.29) is 30.1 Å². The van der Waals surface area contributed by atoms with E-state index >= 15 is 0 Å². The number of imide groups is 1. The minimum absolute atomic E-state index is 0.0662. The van der Waals surface area contributed by atoms with Crippen molar-refractivity contribution in [2.75, 3.05) is 19.6 Å². The van der Waals surface area contributed by atoms with Crippen LogP contribution in [-0.2, 0) is 6.54 Å². The number of hydrogen-bond acceptors (Lipinski definition) is 5. The second-order valence-electron chi connectivity index (χ2n) is 10.5.